The first kappa shape index (κ1) is 10.8. The molecule has 1 heterocycles. The molecule has 0 bridgehead atoms. The summed E-state index contributed by atoms with van der Waals surface area (Å²) in [4.78, 5) is 11.4. The van der Waals surface area contributed by atoms with E-state index in [1.54, 1.807) is 0 Å². The van der Waals surface area contributed by atoms with Gasteiger partial charge in [0.1, 0.15) is 5.88 Å². The van der Waals surface area contributed by atoms with E-state index in [0.29, 0.717) is 12.2 Å². The van der Waals surface area contributed by atoms with Crippen LogP contribution in [0, 0.1) is 0 Å². The van der Waals surface area contributed by atoms with Crippen molar-refractivity contribution < 1.29 is 4.79 Å². The summed E-state index contributed by atoms with van der Waals surface area (Å²) < 4.78 is 1.14. The largest absolute Gasteiger partial charge is 0.271 e. The van der Waals surface area contributed by atoms with Crippen molar-refractivity contribution in [2.24, 2.45) is 0 Å². The minimum absolute atomic E-state index is 0.132. The summed E-state index contributed by atoms with van der Waals surface area (Å²) in [6, 6.07) is 9.67. The van der Waals surface area contributed by atoms with Gasteiger partial charge in [0.15, 0.2) is 5.82 Å². The molecule has 0 aliphatic heterocycles. The highest BCUT2D eigenvalue weighted by atomic mass is 35.5. The number of carbonyl (C=O) groups excluding carboxylic acids is 1. The second-order valence-corrected chi connectivity index (χ2v) is 3.46. The fourth-order valence-electron chi connectivity index (χ4n) is 1.34. The first-order chi connectivity index (χ1) is 7.81. The molecule has 0 N–H and O–H groups in total. The highest BCUT2D eigenvalue weighted by molar-refractivity contribution is 6.27. The van der Waals surface area contributed by atoms with Gasteiger partial charge in [0.25, 0.3) is 5.91 Å². The Morgan fingerprint density at radius 2 is 2.06 bits per heavy atom. The lowest BCUT2D eigenvalue weighted by atomic mass is 10.1. The second kappa shape index (κ2) is 4.85. The molecule has 0 amide bonds. The van der Waals surface area contributed by atoms with Gasteiger partial charge in [-0.1, -0.05) is 30.3 Å². The monoisotopic (exact) mass is 236 g/mol. The van der Waals surface area contributed by atoms with Gasteiger partial charge in [-0.25, -0.2) is 0 Å². The van der Waals surface area contributed by atoms with Gasteiger partial charge < -0.3 is 0 Å². The molecule has 0 unspecified atom stereocenters. The van der Waals surface area contributed by atoms with Crippen LogP contribution in [0.1, 0.15) is 16.2 Å². The summed E-state index contributed by atoms with van der Waals surface area (Å²) in [6.45, 7) is 0. The molecule has 2 rings (SSSR count). The highest BCUT2D eigenvalue weighted by Crippen LogP contribution is 2.05. The van der Waals surface area contributed by atoms with E-state index in [0.717, 1.165) is 10.2 Å². The molecule has 2 aromatic rings. The number of rotatable bonds is 3. The third-order valence-corrected chi connectivity index (χ3v) is 2.32. The normalized spacial score (nSPS) is 10.3. The molecule has 16 heavy (non-hydrogen) atoms. The maximum Gasteiger partial charge on any atom is 0.264 e. The average Bonchev–Trinajstić information content (AvgIpc) is 2.77. The standard InChI is InChI=1S/C10H9ClN4O/c11-7-10(16)15-9(12-13-14-15)6-8-4-2-1-3-5-8/h1-5H,6-7H2. The zero-order valence-corrected chi connectivity index (χ0v) is 9.13. The predicted molar refractivity (Wildman–Crippen MR) is 58.4 cm³/mol. The van der Waals surface area contributed by atoms with Crippen molar-refractivity contribution >= 4 is 17.5 Å². The number of hydrogen-bond acceptors (Lipinski definition) is 4. The van der Waals surface area contributed by atoms with Crippen molar-refractivity contribution in [1.82, 2.24) is 20.2 Å². The average molecular weight is 237 g/mol. The molecule has 0 aliphatic rings. The molecular weight excluding hydrogens is 228 g/mol. The topological polar surface area (TPSA) is 60.7 Å². The van der Waals surface area contributed by atoms with Gasteiger partial charge in [-0.2, -0.15) is 4.68 Å². The third kappa shape index (κ3) is 2.25. The predicted octanol–water partition coefficient (Wildman–Crippen LogP) is 1.14. The molecule has 0 aliphatic carbocycles. The smallest absolute Gasteiger partial charge is 0.264 e. The molecule has 0 radical (unpaired) electrons. The van der Waals surface area contributed by atoms with Crippen LogP contribution in [0.15, 0.2) is 30.3 Å². The number of aromatic nitrogens is 4. The van der Waals surface area contributed by atoms with Crippen molar-refractivity contribution in [3.8, 4) is 0 Å². The van der Waals surface area contributed by atoms with Crippen molar-refractivity contribution in [2.45, 2.75) is 6.42 Å². The molecule has 0 atom stereocenters. The summed E-state index contributed by atoms with van der Waals surface area (Å²) in [7, 11) is 0. The minimum atomic E-state index is -0.322. The Morgan fingerprint density at radius 3 is 2.75 bits per heavy atom. The maximum atomic E-state index is 11.4. The Hall–Kier alpha value is -1.75. The highest BCUT2D eigenvalue weighted by Gasteiger charge is 2.12. The van der Waals surface area contributed by atoms with Crippen LogP contribution < -0.4 is 0 Å². The summed E-state index contributed by atoms with van der Waals surface area (Å²) in [5, 5.41) is 10.9. The molecule has 0 fully saturated rings. The van der Waals surface area contributed by atoms with Gasteiger partial charge in [-0.15, -0.1) is 16.7 Å². The van der Waals surface area contributed by atoms with Crippen LogP contribution in [0.2, 0.25) is 0 Å². The Balaban J connectivity index is 2.22. The van der Waals surface area contributed by atoms with E-state index in [1.807, 2.05) is 30.3 Å². The van der Waals surface area contributed by atoms with Gasteiger partial charge in [-0.3, -0.25) is 4.79 Å². The van der Waals surface area contributed by atoms with Crippen molar-refractivity contribution in [1.29, 1.82) is 0 Å². The summed E-state index contributed by atoms with van der Waals surface area (Å²) in [6.07, 6.45) is 0.510. The number of tetrazole rings is 1. The first-order valence-corrected chi connectivity index (χ1v) is 5.25. The van der Waals surface area contributed by atoms with Crippen molar-refractivity contribution in [3.05, 3.63) is 41.7 Å². The van der Waals surface area contributed by atoms with E-state index >= 15 is 0 Å². The van der Waals surface area contributed by atoms with Crippen molar-refractivity contribution in [3.63, 3.8) is 0 Å². The zero-order valence-electron chi connectivity index (χ0n) is 8.38. The Labute approximate surface area is 97.0 Å². The van der Waals surface area contributed by atoms with Gasteiger partial charge in [0, 0.05) is 6.42 Å². The minimum Gasteiger partial charge on any atom is -0.271 e. The van der Waals surface area contributed by atoms with Crippen LogP contribution in [-0.4, -0.2) is 32.0 Å². The van der Waals surface area contributed by atoms with E-state index in [4.69, 9.17) is 11.6 Å². The summed E-state index contributed by atoms with van der Waals surface area (Å²) >= 11 is 5.45. The van der Waals surface area contributed by atoms with Crippen LogP contribution in [0.25, 0.3) is 0 Å². The number of alkyl halides is 1. The first-order valence-electron chi connectivity index (χ1n) is 4.71. The molecule has 5 nitrogen and oxygen atoms in total. The fourth-order valence-corrected chi connectivity index (χ4v) is 1.46. The third-order valence-electron chi connectivity index (χ3n) is 2.09. The van der Waals surface area contributed by atoms with Crippen molar-refractivity contribution in [2.75, 3.05) is 5.88 Å². The number of halogens is 1. The van der Waals surface area contributed by atoms with E-state index in [2.05, 4.69) is 15.5 Å². The SMILES string of the molecule is O=C(CCl)n1nnnc1Cc1ccccc1. The Morgan fingerprint density at radius 1 is 1.31 bits per heavy atom. The number of hydrogen-bond donors (Lipinski definition) is 0. The zero-order chi connectivity index (χ0) is 11.4. The number of nitrogens with zero attached hydrogens (tertiary/aromatic N) is 4. The summed E-state index contributed by atoms with van der Waals surface area (Å²) in [5.41, 5.74) is 1.04. The molecule has 1 aromatic heterocycles. The lowest BCUT2D eigenvalue weighted by Gasteiger charge is -2.00. The Kier molecular flexibility index (Phi) is 3.26. The van der Waals surface area contributed by atoms with E-state index in [1.165, 1.54) is 0 Å². The Bertz CT molecular complexity index is 483. The van der Waals surface area contributed by atoms with Crippen LogP contribution in [0.3, 0.4) is 0 Å². The van der Waals surface area contributed by atoms with E-state index < -0.39 is 0 Å². The van der Waals surface area contributed by atoms with Gasteiger partial charge >= 0.3 is 0 Å². The lowest BCUT2D eigenvalue weighted by molar-refractivity contribution is 0.0919. The lowest BCUT2D eigenvalue weighted by Crippen LogP contribution is -2.17. The van der Waals surface area contributed by atoms with E-state index in [9.17, 15) is 4.79 Å². The van der Waals surface area contributed by atoms with Crippen LogP contribution in [0.5, 0.6) is 0 Å². The fraction of sp³-hybridized carbons (Fsp3) is 0.200. The van der Waals surface area contributed by atoms with Gasteiger partial charge in [0.05, 0.1) is 0 Å². The van der Waals surface area contributed by atoms with Crippen LogP contribution >= 0.6 is 11.6 Å². The van der Waals surface area contributed by atoms with E-state index in [-0.39, 0.29) is 11.8 Å². The molecule has 0 saturated carbocycles. The maximum absolute atomic E-state index is 11.4. The molecule has 1 aromatic carbocycles. The second-order valence-electron chi connectivity index (χ2n) is 3.20. The van der Waals surface area contributed by atoms with Gasteiger partial charge in [-0.05, 0) is 16.0 Å². The quantitative estimate of drug-likeness (QED) is 0.592. The molecule has 6 heteroatoms. The number of carbonyl (C=O) groups is 1. The molecule has 82 valence electrons. The molecule has 0 saturated heterocycles. The van der Waals surface area contributed by atoms with Crippen LogP contribution in [0.4, 0.5) is 0 Å². The van der Waals surface area contributed by atoms with Crippen LogP contribution in [-0.2, 0) is 6.42 Å². The molecule has 0 spiro atoms. The molecular formula is C10H9ClN4O. The van der Waals surface area contributed by atoms with Gasteiger partial charge in [0.2, 0.25) is 0 Å². The summed E-state index contributed by atoms with van der Waals surface area (Å²) in [5.74, 6) is 0.0433. The number of benzene rings is 1.